The van der Waals surface area contributed by atoms with Crippen molar-refractivity contribution in [2.24, 2.45) is 5.73 Å². The molecule has 0 radical (unpaired) electrons. The van der Waals surface area contributed by atoms with E-state index in [2.05, 4.69) is 18.7 Å². The Kier molecular flexibility index (Phi) is 5.62. The van der Waals surface area contributed by atoms with E-state index in [1.165, 1.54) is 19.1 Å². The molecule has 108 valence electrons. The Morgan fingerprint density at radius 2 is 1.89 bits per heavy atom. The minimum atomic E-state index is -2.86. The highest BCUT2D eigenvalue weighted by molar-refractivity contribution is 7.90. The van der Waals surface area contributed by atoms with Crippen LogP contribution in [0.25, 0.3) is 0 Å². The molecule has 2 unspecified atom stereocenters. The topological polar surface area (TPSA) is 63.4 Å². The van der Waals surface area contributed by atoms with Crippen LogP contribution in [-0.2, 0) is 9.84 Å². The number of nitrogens with two attached hydrogens (primary N) is 1. The number of nitrogens with zero attached hydrogens (tertiary/aromatic N) is 1. The minimum Gasteiger partial charge on any atom is -0.326 e. The van der Waals surface area contributed by atoms with Gasteiger partial charge in [-0.25, -0.2) is 8.42 Å². The van der Waals surface area contributed by atoms with Crippen LogP contribution < -0.4 is 5.73 Å². The fourth-order valence-electron chi connectivity index (χ4n) is 2.82. The summed E-state index contributed by atoms with van der Waals surface area (Å²) in [5.41, 5.74) is 6.36. The van der Waals surface area contributed by atoms with Gasteiger partial charge >= 0.3 is 0 Å². The SMILES string of the molecule is CCC(C)(C(N)CCCS(C)(=O)=O)N1CCCC1. The van der Waals surface area contributed by atoms with Crippen LogP contribution in [0.2, 0.25) is 0 Å². The van der Waals surface area contributed by atoms with Gasteiger partial charge in [-0.15, -0.1) is 0 Å². The standard InChI is InChI=1S/C13H28N2O2S/c1-4-13(2,15-9-5-6-10-15)12(14)8-7-11-18(3,16)17/h12H,4-11,14H2,1-3H3. The van der Waals surface area contributed by atoms with E-state index in [1.54, 1.807) is 0 Å². The van der Waals surface area contributed by atoms with E-state index >= 15 is 0 Å². The third kappa shape index (κ3) is 4.21. The molecule has 4 nitrogen and oxygen atoms in total. The Morgan fingerprint density at radius 3 is 2.33 bits per heavy atom. The van der Waals surface area contributed by atoms with Gasteiger partial charge in [0.1, 0.15) is 9.84 Å². The summed E-state index contributed by atoms with van der Waals surface area (Å²) in [4.78, 5) is 2.48. The van der Waals surface area contributed by atoms with Crippen LogP contribution >= 0.6 is 0 Å². The number of rotatable bonds is 7. The second-order valence-electron chi connectivity index (χ2n) is 5.78. The molecular formula is C13H28N2O2S. The lowest BCUT2D eigenvalue weighted by atomic mass is 9.85. The van der Waals surface area contributed by atoms with E-state index in [0.717, 1.165) is 25.9 Å². The summed E-state index contributed by atoms with van der Waals surface area (Å²) in [5, 5.41) is 0. The van der Waals surface area contributed by atoms with E-state index in [9.17, 15) is 8.42 Å². The molecule has 1 heterocycles. The summed E-state index contributed by atoms with van der Waals surface area (Å²) in [5.74, 6) is 0.250. The predicted molar refractivity (Wildman–Crippen MR) is 76.4 cm³/mol. The summed E-state index contributed by atoms with van der Waals surface area (Å²) in [6.07, 6.45) is 6.28. The molecule has 0 aliphatic carbocycles. The Labute approximate surface area is 112 Å². The molecule has 5 heteroatoms. The van der Waals surface area contributed by atoms with Gasteiger partial charge in [-0.2, -0.15) is 0 Å². The lowest BCUT2D eigenvalue weighted by Gasteiger charge is -2.43. The van der Waals surface area contributed by atoms with Crippen molar-refractivity contribution in [2.75, 3.05) is 25.1 Å². The van der Waals surface area contributed by atoms with Crippen LogP contribution in [0.1, 0.15) is 46.0 Å². The van der Waals surface area contributed by atoms with Crippen molar-refractivity contribution >= 4 is 9.84 Å². The normalized spacial score (nSPS) is 22.9. The van der Waals surface area contributed by atoms with Crippen molar-refractivity contribution in [1.29, 1.82) is 0 Å². The van der Waals surface area contributed by atoms with Gasteiger partial charge in [-0.1, -0.05) is 6.92 Å². The van der Waals surface area contributed by atoms with Crippen LogP contribution in [0.3, 0.4) is 0 Å². The Morgan fingerprint density at radius 1 is 1.33 bits per heavy atom. The van der Waals surface area contributed by atoms with Gasteiger partial charge in [0.15, 0.2) is 0 Å². The largest absolute Gasteiger partial charge is 0.326 e. The van der Waals surface area contributed by atoms with Gasteiger partial charge in [-0.3, -0.25) is 4.90 Å². The molecular weight excluding hydrogens is 248 g/mol. The van der Waals surface area contributed by atoms with E-state index in [0.29, 0.717) is 6.42 Å². The Balaban J connectivity index is 2.53. The predicted octanol–water partition coefficient (Wildman–Crippen LogP) is 1.40. The smallest absolute Gasteiger partial charge is 0.147 e. The Hall–Kier alpha value is -0.130. The number of likely N-dealkylation sites (tertiary alicyclic amines) is 1. The quantitative estimate of drug-likeness (QED) is 0.763. The first kappa shape index (κ1) is 15.9. The third-order valence-corrected chi connectivity index (χ3v) is 5.40. The lowest BCUT2D eigenvalue weighted by molar-refractivity contribution is 0.0962. The summed E-state index contributed by atoms with van der Waals surface area (Å²) < 4.78 is 22.3. The molecule has 0 aromatic rings. The zero-order valence-corrected chi connectivity index (χ0v) is 12.8. The lowest BCUT2D eigenvalue weighted by Crippen LogP contribution is -2.56. The highest BCUT2D eigenvalue weighted by Gasteiger charge is 2.37. The molecule has 1 aliphatic heterocycles. The molecule has 1 saturated heterocycles. The molecule has 18 heavy (non-hydrogen) atoms. The van der Waals surface area contributed by atoms with Crippen LogP contribution in [0, 0.1) is 0 Å². The molecule has 0 amide bonds. The zero-order chi connectivity index (χ0) is 13.8. The van der Waals surface area contributed by atoms with Crippen molar-refractivity contribution in [3.8, 4) is 0 Å². The van der Waals surface area contributed by atoms with Crippen molar-refractivity contribution in [2.45, 2.75) is 57.5 Å². The molecule has 0 bridgehead atoms. The molecule has 2 atom stereocenters. The van der Waals surface area contributed by atoms with E-state index in [4.69, 9.17) is 5.73 Å². The molecule has 0 spiro atoms. The van der Waals surface area contributed by atoms with Crippen molar-refractivity contribution in [1.82, 2.24) is 4.90 Å². The molecule has 0 aromatic carbocycles. The molecule has 0 saturated carbocycles. The number of hydrogen-bond donors (Lipinski definition) is 1. The highest BCUT2D eigenvalue weighted by atomic mass is 32.2. The van der Waals surface area contributed by atoms with Crippen molar-refractivity contribution in [3.05, 3.63) is 0 Å². The van der Waals surface area contributed by atoms with Crippen molar-refractivity contribution in [3.63, 3.8) is 0 Å². The molecule has 0 aromatic heterocycles. The third-order valence-electron chi connectivity index (χ3n) is 4.37. The van der Waals surface area contributed by atoms with Gasteiger partial charge < -0.3 is 5.73 Å². The van der Waals surface area contributed by atoms with Crippen LogP contribution in [0.4, 0.5) is 0 Å². The first-order valence-corrected chi connectivity index (χ1v) is 9.04. The second kappa shape index (κ2) is 6.35. The van der Waals surface area contributed by atoms with Crippen LogP contribution in [0.15, 0.2) is 0 Å². The average molecular weight is 276 g/mol. The van der Waals surface area contributed by atoms with Gasteiger partial charge in [-0.05, 0) is 52.1 Å². The summed E-state index contributed by atoms with van der Waals surface area (Å²) in [7, 11) is -2.86. The molecule has 2 N–H and O–H groups in total. The van der Waals surface area contributed by atoms with Gasteiger partial charge in [0.25, 0.3) is 0 Å². The minimum absolute atomic E-state index is 0.0218. The molecule has 1 rings (SSSR count). The van der Waals surface area contributed by atoms with Crippen LogP contribution in [0.5, 0.6) is 0 Å². The summed E-state index contributed by atoms with van der Waals surface area (Å²) >= 11 is 0. The maximum absolute atomic E-state index is 11.1. The first-order valence-electron chi connectivity index (χ1n) is 6.98. The second-order valence-corrected chi connectivity index (χ2v) is 8.04. The number of sulfone groups is 1. The Bertz CT molecular complexity index is 350. The monoisotopic (exact) mass is 276 g/mol. The van der Waals surface area contributed by atoms with E-state index in [1.807, 2.05) is 0 Å². The van der Waals surface area contributed by atoms with Gasteiger partial charge in [0.05, 0.1) is 0 Å². The van der Waals surface area contributed by atoms with Crippen LogP contribution in [-0.4, -0.2) is 50.0 Å². The number of hydrogen-bond acceptors (Lipinski definition) is 4. The fraction of sp³-hybridized carbons (Fsp3) is 1.00. The highest BCUT2D eigenvalue weighted by Crippen LogP contribution is 2.28. The van der Waals surface area contributed by atoms with E-state index in [-0.39, 0.29) is 17.3 Å². The fourth-order valence-corrected chi connectivity index (χ4v) is 3.52. The molecule has 1 fully saturated rings. The maximum atomic E-state index is 11.1. The van der Waals surface area contributed by atoms with Crippen molar-refractivity contribution < 1.29 is 8.42 Å². The average Bonchev–Trinajstić information content (AvgIpc) is 2.79. The maximum Gasteiger partial charge on any atom is 0.147 e. The zero-order valence-electron chi connectivity index (χ0n) is 12.0. The summed E-state index contributed by atoms with van der Waals surface area (Å²) in [6.45, 7) is 6.66. The van der Waals surface area contributed by atoms with Gasteiger partial charge in [0, 0.05) is 23.6 Å². The van der Waals surface area contributed by atoms with Gasteiger partial charge in [0.2, 0.25) is 0 Å². The summed E-state index contributed by atoms with van der Waals surface area (Å²) in [6, 6.07) is 0.0577. The van der Waals surface area contributed by atoms with E-state index < -0.39 is 9.84 Å². The first-order chi connectivity index (χ1) is 8.29. The molecule has 1 aliphatic rings.